The number of nitrogens with zero attached hydrogens (tertiary/aromatic N) is 2. The van der Waals surface area contributed by atoms with Crippen LogP contribution in [-0.4, -0.2) is 54.2 Å². The minimum absolute atomic E-state index is 0.122. The third-order valence-corrected chi connectivity index (χ3v) is 7.79. The third-order valence-electron chi connectivity index (χ3n) is 6.65. The number of benzene rings is 2. The van der Waals surface area contributed by atoms with E-state index in [4.69, 9.17) is 18.9 Å². The molecule has 10 nitrogen and oxygen atoms in total. The first-order chi connectivity index (χ1) is 19.8. The first kappa shape index (κ1) is 28.2. The lowest BCUT2D eigenvalue weighted by molar-refractivity contribution is -0.132. The molecule has 0 spiro atoms. The van der Waals surface area contributed by atoms with Crippen LogP contribution in [-0.2, 0) is 14.3 Å². The molecule has 1 atom stereocenters. The fourth-order valence-corrected chi connectivity index (χ4v) is 5.66. The molecular formula is C30H30N2O8S. The number of amides is 1. The Morgan fingerprint density at radius 3 is 2.66 bits per heavy atom. The molecule has 1 aromatic heterocycles. The minimum Gasteiger partial charge on any atom is -0.507 e. The number of fused-ring (bicyclic) bond motifs is 1. The number of hydrogen-bond donors (Lipinski definition) is 1. The Morgan fingerprint density at radius 1 is 1.12 bits per heavy atom. The number of carbonyl (C=O) groups excluding carboxylic acids is 3. The van der Waals surface area contributed by atoms with Crippen LogP contribution in [0.5, 0.6) is 17.2 Å². The van der Waals surface area contributed by atoms with Gasteiger partial charge in [-0.2, -0.15) is 0 Å². The second-order valence-corrected chi connectivity index (χ2v) is 10.4. The van der Waals surface area contributed by atoms with Gasteiger partial charge in [-0.15, -0.1) is 0 Å². The average molecular weight is 579 g/mol. The number of thiazole rings is 1. The second kappa shape index (κ2) is 12.0. The first-order valence-electron chi connectivity index (χ1n) is 13.4. The van der Waals surface area contributed by atoms with Crippen molar-refractivity contribution in [3.63, 3.8) is 0 Å². The summed E-state index contributed by atoms with van der Waals surface area (Å²) in [6, 6.07) is 10.8. The zero-order valence-corrected chi connectivity index (χ0v) is 23.8. The number of hydrogen-bond acceptors (Lipinski definition) is 10. The van der Waals surface area contributed by atoms with Crippen molar-refractivity contribution in [2.75, 3.05) is 31.3 Å². The fraction of sp³-hybridized carbons (Fsp3) is 0.333. The molecule has 1 unspecified atom stereocenters. The number of aliphatic hydroxyl groups is 1. The molecular weight excluding hydrogens is 548 g/mol. The predicted molar refractivity (Wildman–Crippen MR) is 152 cm³/mol. The average Bonchev–Trinajstić information content (AvgIpc) is 3.49. The summed E-state index contributed by atoms with van der Waals surface area (Å²) in [5.41, 5.74) is 1.06. The van der Waals surface area contributed by atoms with E-state index < -0.39 is 23.7 Å². The van der Waals surface area contributed by atoms with E-state index in [9.17, 15) is 19.5 Å². The van der Waals surface area contributed by atoms with Gasteiger partial charge in [0.15, 0.2) is 16.6 Å². The van der Waals surface area contributed by atoms with Crippen molar-refractivity contribution in [3.8, 4) is 17.2 Å². The number of rotatable bonds is 9. The van der Waals surface area contributed by atoms with Gasteiger partial charge in [0.05, 0.1) is 30.5 Å². The van der Waals surface area contributed by atoms with Crippen LogP contribution >= 0.6 is 11.3 Å². The Morgan fingerprint density at radius 2 is 1.90 bits per heavy atom. The van der Waals surface area contributed by atoms with E-state index in [0.717, 1.165) is 24.2 Å². The molecule has 11 heteroatoms. The maximum absolute atomic E-state index is 13.6. The normalized spacial score (nSPS) is 17.5. The third kappa shape index (κ3) is 5.49. The summed E-state index contributed by atoms with van der Waals surface area (Å²) in [5.74, 6) is -1.20. The number of Topliss-reactive ketones (excluding diaryl/α,β-unsaturated/α-hetero) is 1. The SMILES string of the molecule is CCCCOc1cccc(C2/C(=C(\O)c3ccc4c(c3)OCCO4)C(=O)C(=O)N2c2nc(C)c(C(=O)OCC)s2)c1. The van der Waals surface area contributed by atoms with Crippen molar-refractivity contribution in [2.24, 2.45) is 0 Å². The van der Waals surface area contributed by atoms with Gasteiger partial charge in [0.25, 0.3) is 5.78 Å². The Balaban J connectivity index is 1.64. The zero-order valence-electron chi connectivity index (χ0n) is 23.0. The Kier molecular flexibility index (Phi) is 8.25. The summed E-state index contributed by atoms with van der Waals surface area (Å²) >= 11 is 0.953. The summed E-state index contributed by atoms with van der Waals surface area (Å²) in [4.78, 5) is 45.6. The Bertz CT molecular complexity index is 1530. The van der Waals surface area contributed by atoms with Crippen LogP contribution in [0, 0.1) is 6.92 Å². The number of anilines is 1. The van der Waals surface area contributed by atoms with E-state index in [1.165, 1.54) is 4.90 Å². The molecule has 41 heavy (non-hydrogen) atoms. The summed E-state index contributed by atoms with van der Waals surface area (Å²) < 4.78 is 22.3. The number of aromatic nitrogens is 1. The highest BCUT2D eigenvalue weighted by Crippen LogP contribution is 2.45. The van der Waals surface area contributed by atoms with E-state index in [-0.39, 0.29) is 33.5 Å². The second-order valence-electron chi connectivity index (χ2n) is 9.43. The predicted octanol–water partition coefficient (Wildman–Crippen LogP) is 5.20. The van der Waals surface area contributed by atoms with Gasteiger partial charge in [0.2, 0.25) is 0 Å². The largest absolute Gasteiger partial charge is 0.507 e. The highest BCUT2D eigenvalue weighted by Gasteiger charge is 2.48. The van der Waals surface area contributed by atoms with Crippen molar-refractivity contribution in [3.05, 3.63) is 69.7 Å². The van der Waals surface area contributed by atoms with Crippen molar-refractivity contribution in [2.45, 2.75) is 39.7 Å². The van der Waals surface area contributed by atoms with Crippen LogP contribution in [0.3, 0.4) is 0 Å². The molecule has 5 rings (SSSR count). The number of carbonyl (C=O) groups is 3. The summed E-state index contributed by atoms with van der Waals surface area (Å²) in [5, 5.41) is 11.7. The van der Waals surface area contributed by atoms with Gasteiger partial charge in [0, 0.05) is 5.56 Å². The Labute approximate surface area is 241 Å². The topological polar surface area (TPSA) is 124 Å². The number of unbranched alkanes of at least 4 members (excludes halogenated alkanes) is 1. The van der Waals surface area contributed by atoms with E-state index in [2.05, 4.69) is 11.9 Å². The van der Waals surface area contributed by atoms with E-state index in [0.29, 0.717) is 48.3 Å². The smallest absolute Gasteiger partial charge is 0.350 e. The number of ketones is 1. The van der Waals surface area contributed by atoms with Crippen molar-refractivity contribution in [1.29, 1.82) is 0 Å². The quantitative estimate of drug-likeness (QED) is 0.120. The molecule has 0 radical (unpaired) electrons. The van der Waals surface area contributed by atoms with Crippen LogP contribution in [0.1, 0.15) is 59.2 Å². The molecule has 1 fully saturated rings. The van der Waals surface area contributed by atoms with Gasteiger partial charge in [0.1, 0.15) is 29.6 Å². The highest BCUT2D eigenvalue weighted by molar-refractivity contribution is 7.17. The van der Waals surface area contributed by atoms with Crippen LogP contribution in [0.4, 0.5) is 5.13 Å². The minimum atomic E-state index is -1.04. The van der Waals surface area contributed by atoms with Gasteiger partial charge in [-0.1, -0.05) is 36.8 Å². The maximum Gasteiger partial charge on any atom is 0.350 e. The molecule has 0 aliphatic carbocycles. The maximum atomic E-state index is 13.6. The molecule has 3 aromatic rings. The lowest BCUT2D eigenvalue weighted by atomic mass is 9.95. The molecule has 2 aromatic carbocycles. The van der Waals surface area contributed by atoms with Gasteiger partial charge in [-0.05, 0) is 56.2 Å². The Hall–Kier alpha value is -4.38. The molecule has 2 aliphatic rings. The van der Waals surface area contributed by atoms with Gasteiger partial charge in [-0.3, -0.25) is 14.5 Å². The summed E-state index contributed by atoms with van der Waals surface area (Å²) in [6.07, 6.45) is 1.82. The van der Waals surface area contributed by atoms with Crippen molar-refractivity contribution in [1.82, 2.24) is 4.98 Å². The molecule has 1 N–H and O–H groups in total. The molecule has 1 amide bonds. The standard InChI is InChI=1S/C30H30N2O8S/c1-4-6-12-38-20-9-7-8-18(15-20)24-23(25(33)19-10-11-21-22(16-19)40-14-13-39-21)26(34)28(35)32(24)30-31-17(3)27(41-30)29(36)37-5-2/h7-11,15-16,24,33H,4-6,12-14H2,1-3H3/b25-23+. The molecule has 0 bridgehead atoms. The first-order valence-corrected chi connectivity index (χ1v) is 14.2. The fourth-order valence-electron chi connectivity index (χ4n) is 4.67. The lowest BCUT2D eigenvalue weighted by Gasteiger charge is -2.24. The monoisotopic (exact) mass is 578 g/mol. The molecule has 214 valence electrons. The zero-order chi connectivity index (χ0) is 29.1. The molecule has 1 saturated heterocycles. The molecule has 2 aliphatic heterocycles. The summed E-state index contributed by atoms with van der Waals surface area (Å²) in [7, 11) is 0. The number of aliphatic hydroxyl groups excluding tert-OH is 1. The van der Waals surface area contributed by atoms with Crippen molar-refractivity contribution < 1.29 is 38.4 Å². The van der Waals surface area contributed by atoms with Crippen LogP contribution in [0.25, 0.3) is 5.76 Å². The summed E-state index contributed by atoms with van der Waals surface area (Å²) in [6.45, 7) is 6.82. The van der Waals surface area contributed by atoms with Gasteiger partial charge >= 0.3 is 11.9 Å². The van der Waals surface area contributed by atoms with E-state index >= 15 is 0 Å². The van der Waals surface area contributed by atoms with Crippen LogP contribution in [0.2, 0.25) is 0 Å². The van der Waals surface area contributed by atoms with E-state index in [1.54, 1.807) is 56.3 Å². The van der Waals surface area contributed by atoms with Crippen LogP contribution < -0.4 is 19.1 Å². The number of esters is 1. The highest BCUT2D eigenvalue weighted by atomic mass is 32.1. The number of aryl methyl sites for hydroxylation is 1. The lowest BCUT2D eigenvalue weighted by Crippen LogP contribution is -2.29. The molecule has 0 saturated carbocycles. The van der Waals surface area contributed by atoms with Crippen molar-refractivity contribution >= 4 is 39.9 Å². The number of ether oxygens (including phenoxy) is 4. The van der Waals surface area contributed by atoms with E-state index in [1.807, 2.05) is 0 Å². The van der Waals surface area contributed by atoms with Gasteiger partial charge < -0.3 is 24.1 Å². The van der Waals surface area contributed by atoms with Crippen LogP contribution in [0.15, 0.2) is 48.0 Å². The molecule has 3 heterocycles. The van der Waals surface area contributed by atoms with Gasteiger partial charge in [-0.25, -0.2) is 9.78 Å².